The van der Waals surface area contributed by atoms with Crippen LogP contribution in [0.2, 0.25) is 0 Å². The third-order valence-electron chi connectivity index (χ3n) is 3.95. The molecule has 2 amide bonds. The van der Waals surface area contributed by atoms with Gasteiger partial charge in [-0.25, -0.2) is 0 Å². The first-order valence-electron chi connectivity index (χ1n) is 7.68. The van der Waals surface area contributed by atoms with Crippen LogP contribution in [0.1, 0.15) is 40.9 Å². The number of primary amides is 1. The van der Waals surface area contributed by atoms with Crippen molar-refractivity contribution in [2.45, 2.75) is 38.3 Å². The molecule has 2 heterocycles. The van der Waals surface area contributed by atoms with Crippen LogP contribution in [-0.2, 0) is 11.3 Å². The molecule has 2 rings (SSSR count). The van der Waals surface area contributed by atoms with Gasteiger partial charge in [0.2, 0.25) is 11.8 Å². The molecule has 0 aromatic carbocycles. The molecule has 0 spiro atoms. The van der Waals surface area contributed by atoms with Crippen molar-refractivity contribution < 1.29 is 9.59 Å². The Morgan fingerprint density at radius 1 is 1.39 bits per heavy atom. The molecule has 130 valence electrons. The number of halogens is 1. The molecule has 1 aliphatic heterocycles. The first-order chi connectivity index (χ1) is 10.6. The van der Waals surface area contributed by atoms with Crippen molar-refractivity contribution >= 4 is 35.6 Å². The third-order valence-corrected chi connectivity index (χ3v) is 4.87. The first-order valence-corrected chi connectivity index (χ1v) is 8.56. The predicted molar refractivity (Wildman–Crippen MR) is 94.8 cm³/mol. The summed E-state index contributed by atoms with van der Waals surface area (Å²) < 4.78 is 0. The van der Waals surface area contributed by atoms with Gasteiger partial charge in [-0.05, 0) is 25.5 Å². The van der Waals surface area contributed by atoms with Crippen LogP contribution in [0.5, 0.6) is 0 Å². The molecule has 0 radical (unpaired) electrons. The van der Waals surface area contributed by atoms with Gasteiger partial charge in [0.15, 0.2) is 0 Å². The Kier molecular flexibility index (Phi) is 8.54. The minimum atomic E-state index is -0.383. The highest BCUT2D eigenvalue weighted by Crippen LogP contribution is 2.22. The summed E-state index contributed by atoms with van der Waals surface area (Å²) in [6.07, 6.45) is 3.81. The fraction of sp³-hybridized carbons (Fsp3) is 0.600. The number of hydrogen-bond acceptors (Lipinski definition) is 5. The molecule has 1 fully saturated rings. The van der Waals surface area contributed by atoms with Crippen LogP contribution in [0.3, 0.4) is 0 Å². The van der Waals surface area contributed by atoms with E-state index in [9.17, 15) is 9.59 Å². The Balaban J connectivity index is 0.00000264. The van der Waals surface area contributed by atoms with Crippen molar-refractivity contribution in [2.75, 3.05) is 19.6 Å². The molecule has 1 aliphatic rings. The number of carbonyl (C=O) groups excluding carboxylic acids is 2. The van der Waals surface area contributed by atoms with Gasteiger partial charge in [0.1, 0.15) is 0 Å². The zero-order valence-corrected chi connectivity index (χ0v) is 14.8. The lowest BCUT2D eigenvalue weighted by molar-refractivity contribution is -0.121. The summed E-state index contributed by atoms with van der Waals surface area (Å²) in [5, 5.41) is 4.77. The highest BCUT2D eigenvalue weighted by molar-refractivity contribution is 7.10. The van der Waals surface area contributed by atoms with Gasteiger partial charge in [-0.3, -0.25) is 14.5 Å². The number of likely N-dealkylation sites (tertiary alicyclic amines) is 1. The van der Waals surface area contributed by atoms with E-state index in [2.05, 4.69) is 10.2 Å². The first kappa shape index (κ1) is 19.9. The SMILES string of the molecule is Cl.NCCC(=O)NCC1CCCCN1Cc1cc(C(N)=O)cs1. The Hall–Kier alpha value is -1.15. The van der Waals surface area contributed by atoms with Gasteiger partial charge in [0.05, 0.1) is 5.56 Å². The summed E-state index contributed by atoms with van der Waals surface area (Å²) in [5.74, 6) is -0.369. The van der Waals surface area contributed by atoms with Crippen LogP contribution >= 0.6 is 23.7 Å². The zero-order valence-electron chi connectivity index (χ0n) is 13.1. The molecule has 1 atom stereocenters. The highest BCUT2D eigenvalue weighted by Gasteiger charge is 2.23. The van der Waals surface area contributed by atoms with Crippen LogP contribution in [0.4, 0.5) is 0 Å². The van der Waals surface area contributed by atoms with E-state index in [0.717, 1.165) is 24.4 Å². The van der Waals surface area contributed by atoms with Crippen LogP contribution in [0, 0.1) is 0 Å². The quantitative estimate of drug-likeness (QED) is 0.677. The second-order valence-electron chi connectivity index (χ2n) is 5.63. The molecular formula is C15H25ClN4O2S. The van der Waals surface area contributed by atoms with Gasteiger partial charge >= 0.3 is 0 Å². The average molecular weight is 361 g/mol. The van der Waals surface area contributed by atoms with E-state index in [0.29, 0.717) is 31.1 Å². The number of thiophene rings is 1. The lowest BCUT2D eigenvalue weighted by Crippen LogP contribution is -2.46. The Bertz CT molecular complexity index is 523. The lowest BCUT2D eigenvalue weighted by Gasteiger charge is -2.35. The maximum atomic E-state index is 11.6. The van der Waals surface area contributed by atoms with Crippen molar-refractivity contribution in [2.24, 2.45) is 11.5 Å². The largest absolute Gasteiger partial charge is 0.366 e. The standard InChI is InChI=1S/C15H24N4O2S.ClH/c16-5-4-14(20)18-8-12-3-1-2-6-19(12)9-13-7-11(10-22-13)15(17)21;/h7,10,12H,1-6,8-9,16H2,(H2,17,21)(H,18,20);1H. The third kappa shape index (κ3) is 6.10. The molecule has 1 saturated heterocycles. The number of piperidine rings is 1. The van der Waals surface area contributed by atoms with Crippen molar-refractivity contribution in [1.29, 1.82) is 0 Å². The van der Waals surface area contributed by atoms with E-state index in [-0.39, 0.29) is 24.2 Å². The van der Waals surface area contributed by atoms with E-state index < -0.39 is 0 Å². The monoisotopic (exact) mass is 360 g/mol. The predicted octanol–water partition coefficient (Wildman–Crippen LogP) is 1.09. The molecule has 0 saturated carbocycles. The molecule has 8 heteroatoms. The fourth-order valence-electron chi connectivity index (χ4n) is 2.74. The summed E-state index contributed by atoms with van der Waals surface area (Å²) >= 11 is 1.56. The van der Waals surface area contributed by atoms with E-state index in [1.54, 1.807) is 16.7 Å². The normalized spacial score (nSPS) is 18.2. The second-order valence-corrected chi connectivity index (χ2v) is 6.62. The molecule has 0 bridgehead atoms. The maximum absolute atomic E-state index is 11.6. The van der Waals surface area contributed by atoms with Crippen LogP contribution < -0.4 is 16.8 Å². The minimum Gasteiger partial charge on any atom is -0.366 e. The fourth-order valence-corrected chi connectivity index (χ4v) is 3.64. The summed E-state index contributed by atoms with van der Waals surface area (Å²) in [4.78, 5) is 26.2. The van der Waals surface area contributed by atoms with E-state index >= 15 is 0 Å². The smallest absolute Gasteiger partial charge is 0.249 e. The molecule has 23 heavy (non-hydrogen) atoms. The zero-order chi connectivity index (χ0) is 15.9. The Labute approximate surface area is 147 Å². The Morgan fingerprint density at radius 2 is 2.17 bits per heavy atom. The van der Waals surface area contributed by atoms with Crippen LogP contribution in [-0.4, -0.2) is 42.4 Å². The van der Waals surface area contributed by atoms with Crippen molar-refractivity contribution in [3.63, 3.8) is 0 Å². The summed E-state index contributed by atoms with van der Waals surface area (Å²) in [7, 11) is 0. The number of carbonyl (C=O) groups is 2. The van der Waals surface area contributed by atoms with E-state index in [1.165, 1.54) is 12.8 Å². The van der Waals surface area contributed by atoms with Crippen molar-refractivity contribution in [3.05, 3.63) is 21.9 Å². The number of amides is 2. The molecule has 1 unspecified atom stereocenters. The van der Waals surface area contributed by atoms with Gasteiger partial charge in [0.25, 0.3) is 0 Å². The number of rotatable bonds is 7. The van der Waals surface area contributed by atoms with E-state index in [4.69, 9.17) is 11.5 Å². The topological polar surface area (TPSA) is 101 Å². The summed E-state index contributed by atoms with van der Waals surface area (Å²) in [6, 6.07) is 2.21. The number of nitrogens with zero attached hydrogens (tertiary/aromatic N) is 1. The number of nitrogens with one attached hydrogen (secondary N) is 1. The second kappa shape index (κ2) is 9.87. The Morgan fingerprint density at radius 3 is 2.83 bits per heavy atom. The van der Waals surface area contributed by atoms with Crippen LogP contribution in [0.15, 0.2) is 11.4 Å². The molecule has 1 aromatic rings. The molecule has 5 N–H and O–H groups in total. The molecule has 0 aliphatic carbocycles. The molecule has 1 aromatic heterocycles. The van der Waals surface area contributed by atoms with Gasteiger partial charge < -0.3 is 16.8 Å². The van der Waals surface area contributed by atoms with Gasteiger partial charge in [-0.2, -0.15) is 0 Å². The molecular weight excluding hydrogens is 336 g/mol. The minimum absolute atomic E-state index is 0. The average Bonchev–Trinajstić information content (AvgIpc) is 2.95. The van der Waals surface area contributed by atoms with Gasteiger partial charge in [-0.1, -0.05) is 6.42 Å². The summed E-state index contributed by atoms with van der Waals surface area (Å²) in [5.41, 5.74) is 11.3. The highest BCUT2D eigenvalue weighted by atomic mass is 35.5. The number of hydrogen-bond donors (Lipinski definition) is 3. The maximum Gasteiger partial charge on any atom is 0.249 e. The molecule has 6 nitrogen and oxygen atoms in total. The number of nitrogens with two attached hydrogens (primary N) is 2. The van der Waals surface area contributed by atoms with Gasteiger partial charge in [-0.15, -0.1) is 23.7 Å². The van der Waals surface area contributed by atoms with E-state index in [1.807, 2.05) is 6.07 Å². The van der Waals surface area contributed by atoms with Gasteiger partial charge in [0, 0.05) is 42.4 Å². The summed E-state index contributed by atoms with van der Waals surface area (Å²) in [6.45, 7) is 2.86. The lowest BCUT2D eigenvalue weighted by atomic mass is 10.0. The van der Waals surface area contributed by atoms with Crippen LogP contribution in [0.25, 0.3) is 0 Å². The van der Waals surface area contributed by atoms with Crippen molar-refractivity contribution in [1.82, 2.24) is 10.2 Å². The van der Waals surface area contributed by atoms with Crippen molar-refractivity contribution in [3.8, 4) is 0 Å².